The molecule has 0 amide bonds. The molecule has 1 heterocycles. The first kappa shape index (κ1) is 28.2. The smallest absolute Gasteiger partial charge is 0.299 e. The van der Waals surface area contributed by atoms with Crippen molar-refractivity contribution in [3.63, 3.8) is 0 Å². The van der Waals surface area contributed by atoms with Crippen LogP contribution in [-0.4, -0.2) is 4.57 Å². The van der Waals surface area contributed by atoms with Crippen LogP contribution in [0.3, 0.4) is 0 Å². The molecule has 0 spiro atoms. The maximum absolute atomic E-state index is 2.45. The molecule has 0 bridgehead atoms. The third-order valence-electron chi connectivity index (χ3n) is 7.02. The Bertz CT molecular complexity index is 1160. The fourth-order valence-corrected chi connectivity index (χ4v) is 5.20. The summed E-state index contributed by atoms with van der Waals surface area (Å²) in [5, 5.41) is 0. The highest BCUT2D eigenvalue weighted by atomic mass is 127. The number of hydrogen-bond acceptors (Lipinski definition) is 0. The van der Waals surface area contributed by atoms with E-state index in [0.29, 0.717) is 23.7 Å². The summed E-state index contributed by atoms with van der Waals surface area (Å²) in [4.78, 5) is 0. The number of benzene rings is 3. The fourth-order valence-electron chi connectivity index (χ4n) is 5.20. The number of imidazole rings is 1. The highest BCUT2D eigenvalue weighted by Crippen LogP contribution is 2.35. The molecule has 0 aliphatic rings. The predicted octanol–water partition coefficient (Wildman–Crippen LogP) is 5.92. The largest absolute Gasteiger partial charge is 1.00 e. The predicted molar refractivity (Wildman–Crippen MR) is 149 cm³/mol. The van der Waals surface area contributed by atoms with E-state index in [2.05, 4.69) is 144 Å². The number of halogens is 1. The Morgan fingerprint density at radius 2 is 1.00 bits per heavy atom. The Labute approximate surface area is 235 Å². The third kappa shape index (κ3) is 5.32. The van der Waals surface area contributed by atoms with Crippen LogP contribution >= 0.6 is 0 Å². The Morgan fingerprint density at radius 1 is 0.556 bits per heavy atom. The zero-order chi connectivity index (χ0) is 25.3. The van der Waals surface area contributed by atoms with Crippen molar-refractivity contribution in [1.29, 1.82) is 0 Å². The van der Waals surface area contributed by atoms with Crippen LogP contribution in [-0.2, 0) is 0 Å². The zero-order valence-corrected chi connectivity index (χ0v) is 25.2. The summed E-state index contributed by atoms with van der Waals surface area (Å²) in [6.45, 7) is 18.4. The summed E-state index contributed by atoms with van der Waals surface area (Å²) in [6, 6.07) is 24.5. The van der Waals surface area contributed by atoms with Crippen LogP contribution in [0.15, 0.2) is 79.1 Å². The summed E-state index contributed by atoms with van der Waals surface area (Å²) < 4.78 is 4.89. The second kappa shape index (κ2) is 11.8. The van der Waals surface area contributed by atoms with Crippen molar-refractivity contribution >= 4 is 0 Å². The van der Waals surface area contributed by atoms with Gasteiger partial charge in [-0.05, 0) is 35.8 Å². The number of nitrogens with zero attached hydrogens (tertiary/aromatic N) is 2. The number of para-hydroxylation sites is 2. The van der Waals surface area contributed by atoms with Gasteiger partial charge < -0.3 is 24.0 Å². The van der Waals surface area contributed by atoms with Gasteiger partial charge in [0.25, 0.3) is 5.82 Å². The molecule has 1 aromatic heterocycles. The summed E-state index contributed by atoms with van der Waals surface area (Å²) in [6.07, 6.45) is 4.55. The summed E-state index contributed by atoms with van der Waals surface area (Å²) in [5.41, 5.74) is 9.41. The average molecular weight is 593 g/mol. The van der Waals surface area contributed by atoms with Gasteiger partial charge in [0.05, 0.1) is 5.56 Å². The molecule has 0 fully saturated rings. The molecule has 3 aromatic carbocycles. The molecule has 0 N–H and O–H groups in total. The molecule has 0 saturated carbocycles. The molecule has 0 unspecified atom stereocenters. The van der Waals surface area contributed by atoms with Gasteiger partial charge in [-0.1, -0.05) is 110 Å². The van der Waals surface area contributed by atoms with E-state index in [-0.39, 0.29) is 24.0 Å². The molecule has 0 aliphatic heterocycles. The fraction of sp³-hybridized carbons (Fsp3) is 0.364. The molecule has 0 saturated heterocycles. The molecule has 0 aliphatic carbocycles. The lowest BCUT2D eigenvalue weighted by Gasteiger charge is -2.20. The van der Waals surface area contributed by atoms with E-state index in [4.69, 9.17) is 0 Å². The van der Waals surface area contributed by atoms with Crippen molar-refractivity contribution < 1.29 is 28.5 Å². The van der Waals surface area contributed by atoms with E-state index in [0.717, 1.165) is 0 Å². The first-order valence-corrected chi connectivity index (χ1v) is 13.2. The topological polar surface area (TPSA) is 8.81 Å². The minimum atomic E-state index is 0. The molecule has 190 valence electrons. The lowest BCUT2D eigenvalue weighted by Crippen LogP contribution is -3.00. The molecule has 4 aromatic rings. The van der Waals surface area contributed by atoms with Crippen LogP contribution in [0, 0.1) is 0 Å². The zero-order valence-electron chi connectivity index (χ0n) is 23.1. The van der Waals surface area contributed by atoms with Crippen molar-refractivity contribution in [3.8, 4) is 22.8 Å². The highest BCUT2D eigenvalue weighted by molar-refractivity contribution is 5.61. The lowest BCUT2D eigenvalue weighted by atomic mass is 9.92. The molecule has 4 rings (SSSR count). The van der Waals surface area contributed by atoms with Crippen molar-refractivity contribution in [1.82, 2.24) is 4.57 Å². The molecule has 0 atom stereocenters. The SMILES string of the molecule is CC(C)c1cccc(C(C)C)c1-n1cc[n+](-c2c(C(C)C)cccc2C(C)C)c1-c1ccccc1.[I-]. The van der Waals surface area contributed by atoms with Gasteiger partial charge in [0.15, 0.2) is 0 Å². The second-order valence-corrected chi connectivity index (χ2v) is 10.9. The average Bonchev–Trinajstić information content (AvgIpc) is 3.27. The van der Waals surface area contributed by atoms with Gasteiger partial charge in [-0.2, -0.15) is 9.13 Å². The Morgan fingerprint density at radius 3 is 1.44 bits per heavy atom. The molecular weight excluding hydrogens is 551 g/mol. The number of rotatable bonds is 7. The Kier molecular flexibility index (Phi) is 9.21. The van der Waals surface area contributed by atoms with Crippen LogP contribution < -0.4 is 28.5 Å². The summed E-state index contributed by atoms with van der Waals surface area (Å²) >= 11 is 0. The van der Waals surface area contributed by atoms with Crippen molar-refractivity contribution in [2.24, 2.45) is 0 Å². The van der Waals surface area contributed by atoms with Gasteiger partial charge in [-0.25, -0.2) is 0 Å². The normalized spacial score (nSPS) is 11.6. The van der Waals surface area contributed by atoms with Gasteiger partial charge in [0.1, 0.15) is 23.8 Å². The third-order valence-corrected chi connectivity index (χ3v) is 7.02. The highest BCUT2D eigenvalue weighted by Gasteiger charge is 2.30. The second-order valence-electron chi connectivity index (χ2n) is 10.9. The molecule has 36 heavy (non-hydrogen) atoms. The van der Waals surface area contributed by atoms with E-state index in [1.54, 1.807) is 0 Å². The van der Waals surface area contributed by atoms with Gasteiger partial charge in [-0.3, -0.25) is 0 Å². The summed E-state index contributed by atoms with van der Waals surface area (Å²) in [5.74, 6) is 2.92. The van der Waals surface area contributed by atoms with Crippen LogP contribution in [0.2, 0.25) is 0 Å². The quantitative estimate of drug-likeness (QED) is 0.186. The van der Waals surface area contributed by atoms with Crippen LogP contribution in [0.1, 0.15) is 101 Å². The molecule has 3 heteroatoms. The maximum Gasteiger partial charge on any atom is 0.299 e. The van der Waals surface area contributed by atoms with Crippen molar-refractivity contribution in [2.75, 3.05) is 0 Å². The van der Waals surface area contributed by atoms with Gasteiger partial charge in [0, 0.05) is 22.3 Å². The number of aromatic nitrogens is 2. The maximum atomic E-state index is 2.45. The monoisotopic (exact) mass is 592 g/mol. The number of hydrogen-bond donors (Lipinski definition) is 0. The van der Waals surface area contributed by atoms with Gasteiger partial charge in [0.2, 0.25) is 0 Å². The molecule has 0 radical (unpaired) electrons. The Hall–Kier alpha value is -2.40. The van der Waals surface area contributed by atoms with Crippen molar-refractivity contribution in [3.05, 3.63) is 101 Å². The lowest BCUT2D eigenvalue weighted by molar-refractivity contribution is -0.584. The van der Waals surface area contributed by atoms with Crippen LogP contribution in [0.25, 0.3) is 22.8 Å². The van der Waals surface area contributed by atoms with E-state index < -0.39 is 0 Å². The first-order valence-electron chi connectivity index (χ1n) is 13.2. The van der Waals surface area contributed by atoms with E-state index in [9.17, 15) is 0 Å². The minimum Gasteiger partial charge on any atom is -1.00 e. The standard InChI is InChI=1S/C33H41N2.HI/c1-22(2)27-16-12-17-28(23(3)4)31(27)34-20-21-35(33(34)26-14-10-9-11-15-26)32-29(24(5)6)18-13-19-30(32)25(7)8;/h9-25H,1-8H3;1H/q+1;/p-1. The van der Waals surface area contributed by atoms with E-state index in [1.165, 1.54) is 45.0 Å². The van der Waals surface area contributed by atoms with Gasteiger partial charge in [-0.15, -0.1) is 0 Å². The summed E-state index contributed by atoms with van der Waals surface area (Å²) in [7, 11) is 0. The molecule has 2 nitrogen and oxygen atoms in total. The Balaban J connectivity index is 0.00000361. The first-order chi connectivity index (χ1) is 16.7. The van der Waals surface area contributed by atoms with Crippen LogP contribution in [0.5, 0.6) is 0 Å². The van der Waals surface area contributed by atoms with Crippen LogP contribution in [0.4, 0.5) is 0 Å². The van der Waals surface area contributed by atoms with E-state index >= 15 is 0 Å². The molecular formula is C33H41IN2. The van der Waals surface area contributed by atoms with E-state index in [1.807, 2.05) is 0 Å². The van der Waals surface area contributed by atoms with Crippen molar-refractivity contribution in [2.45, 2.75) is 79.1 Å². The minimum absolute atomic E-state index is 0. The van der Waals surface area contributed by atoms with Gasteiger partial charge >= 0.3 is 0 Å².